The summed E-state index contributed by atoms with van der Waals surface area (Å²) in [5.74, 6) is -4.21. The van der Waals surface area contributed by atoms with Gasteiger partial charge in [0, 0.05) is 52.2 Å². The van der Waals surface area contributed by atoms with Gasteiger partial charge in [-0.05, 0) is 55.2 Å². The van der Waals surface area contributed by atoms with Crippen molar-refractivity contribution in [3.63, 3.8) is 0 Å². The maximum absolute atomic E-state index is 16.6. The number of aromatic carboxylic acids is 1. The van der Waals surface area contributed by atoms with Crippen molar-refractivity contribution in [2.24, 2.45) is 17.8 Å². The molecule has 0 unspecified atom stereocenters. The summed E-state index contributed by atoms with van der Waals surface area (Å²) in [5.41, 5.74) is -0.00949. The topological polar surface area (TPSA) is 99.2 Å². The highest BCUT2D eigenvalue weighted by molar-refractivity contribution is 6.31. The Morgan fingerprint density at radius 1 is 1.26 bits per heavy atom. The van der Waals surface area contributed by atoms with Crippen LogP contribution in [0.15, 0.2) is 72.1 Å². The number of carboxylic acids is 1. The van der Waals surface area contributed by atoms with Crippen LogP contribution < -0.4 is 15.0 Å². The molecule has 0 radical (unpaired) electrons. The van der Waals surface area contributed by atoms with Gasteiger partial charge in [-0.25, -0.2) is 9.18 Å². The molecule has 1 saturated carbocycles. The van der Waals surface area contributed by atoms with E-state index in [2.05, 4.69) is 11.9 Å². The van der Waals surface area contributed by atoms with Crippen LogP contribution in [-0.2, 0) is 15.1 Å². The third kappa shape index (κ3) is 4.42. The minimum Gasteiger partial charge on any atom is -0.496 e. The number of benzene rings is 2. The lowest BCUT2D eigenvalue weighted by atomic mass is 9.74. The summed E-state index contributed by atoms with van der Waals surface area (Å²) in [6, 6.07) is 8.98. The Balaban J connectivity index is 1.51. The zero-order chi connectivity index (χ0) is 29.9. The number of carbonyl (C=O) groups excluding carboxylic acids is 2. The minimum absolute atomic E-state index is 0.0418. The van der Waals surface area contributed by atoms with Crippen molar-refractivity contribution >= 4 is 52.4 Å². The number of carboxylic acid groups (broad SMARTS) is 1. The average Bonchev–Trinajstić information content (AvgIpc) is 3.56. The summed E-state index contributed by atoms with van der Waals surface area (Å²) >= 11 is 12.1. The van der Waals surface area contributed by atoms with Crippen LogP contribution in [0.2, 0.25) is 5.02 Å². The average molecular weight is 612 g/mol. The maximum Gasteiger partial charge on any atom is 0.339 e. The molecule has 4 aliphatic rings. The van der Waals surface area contributed by atoms with Gasteiger partial charge in [0.15, 0.2) is 0 Å². The van der Waals surface area contributed by atoms with E-state index < -0.39 is 41.1 Å². The lowest BCUT2D eigenvalue weighted by Crippen LogP contribution is -2.55. The van der Waals surface area contributed by atoms with Gasteiger partial charge in [-0.1, -0.05) is 41.9 Å². The molecule has 6 rings (SSSR count). The van der Waals surface area contributed by atoms with Crippen molar-refractivity contribution in [1.29, 1.82) is 0 Å². The number of rotatable bonds is 8. The lowest BCUT2D eigenvalue weighted by molar-refractivity contribution is -0.129. The number of amides is 2. The maximum atomic E-state index is 16.6. The predicted octanol–water partition coefficient (Wildman–Crippen LogP) is 5.73. The summed E-state index contributed by atoms with van der Waals surface area (Å²) in [7, 11) is 1.36. The molecule has 3 fully saturated rings. The molecule has 2 saturated heterocycles. The molecule has 1 aliphatic carbocycles. The van der Waals surface area contributed by atoms with Gasteiger partial charge in [0.05, 0.1) is 18.9 Å². The Hall–Kier alpha value is -3.66. The van der Waals surface area contributed by atoms with Gasteiger partial charge < -0.3 is 20.1 Å². The summed E-state index contributed by atoms with van der Waals surface area (Å²) in [6.45, 7) is 4.29. The fourth-order valence-corrected chi connectivity index (χ4v) is 7.06. The van der Waals surface area contributed by atoms with E-state index in [9.17, 15) is 19.5 Å². The first kappa shape index (κ1) is 28.5. The molecule has 2 amide bonds. The van der Waals surface area contributed by atoms with Crippen LogP contribution in [0.1, 0.15) is 28.8 Å². The Labute approximate surface area is 252 Å². The van der Waals surface area contributed by atoms with Crippen LogP contribution in [0.4, 0.5) is 15.8 Å². The van der Waals surface area contributed by atoms with E-state index in [1.54, 1.807) is 24.3 Å². The largest absolute Gasteiger partial charge is 0.496 e. The third-order valence-corrected chi connectivity index (χ3v) is 9.05. The Kier molecular flexibility index (Phi) is 7.15. The molecule has 1 spiro atoms. The summed E-state index contributed by atoms with van der Waals surface area (Å²) < 4.78 is 21.9. The first-order valence-electron chi connectivity index (χ1n) is 13.6. The minimum atomic E-state index is -1.48. The fourth-order valence-electron chi connectivity index (χ4n) is 6.81. The van der Waals surface area contributed by atoms with Crippen molar-refractivity contribution in [3.8, 4) is 5.75 Å². The van der Waals surface area contributed by atoms with E-state index in [1.807, 2.05) is 4.90 Å². The second-order valence-electron chi connectivity index (χ2n) is 11.1. The number of halogens is 3. The molecule has 4 atom stereocenters. The first-order chi connectivity index (χ1) is 20.1. The molecule has 218 valence electrons. The molecule has 2 aromatic rings. The standard InChI is InChI=1S/C31H28Cl2FN3O5/c1-16(32)4-3-5-22(34)27-26-24(15-36(28(26)38)19-9-10-20(29(39)40)25(13-19)42-2)37(14-17-6-7-17)31(27)21-11-8-18(33)12-23(21)35-30(31)41/h3-5,8-13,17,24,26-27H,1,6-7,14-15H2,2H3,(H,35,41)(H,39,40)/b4-3-,22-5-/t24-,26+,27-,31+/m0/s1. The van der Waals surface area contributed by atoms with Crippen LogP contribution in [0.5, 0.6) is 5.75 Å². The number of allylic oxidation sites excluding steroid dienone is 4. The Bertz CT molecular complexity index is 1590. The molecule has 0 aromatic heterocycles. The van der Waals surface area contributed by atoms with Crippen molar-refractivity contribution in [2.45, 2.75) is 24.4 Å². The van der Waals surface area contributed by atoms with E-state index in [-0.39, 0.29) is 28.8 Å². The van der Waals surface area contributed by atoms with Gasteiger partial charge in [0.1, 0.15) is 22.7 Å². The lowest BCUT2D eigenvalue weighted by Gasteiger charge is -2.40. The van der Waals surface area contributed by atoms with Gasteiger partial charge in [0.25, 0.3) is 0 Å². The summed E-state index contributed by atoms with van der Waals surface area (Å²) in [5, 5.41) is 13.1. The van der Waals surface area contributed by atoms with Crippen molar-refractivity contribution in [3.05, 3.63) is 88.2 Å². The van der Waals surface area contributed by atoms with E-state index in [0.29, 0.717) is 34.4 Å². The number of methoxy groups -OCH3 is 1. The zero-order valence-corrected chi connectivity index (χ0v) is 24.2. The van der Waals surface area contributed by atoms with E-state index in [4.69, 9.17) is 27.9 Å². The molecular weight excluding hydrogens is 584 g/mol. The zero-order valence-electron chi connectivity index (χ0n) is 22.6. The Morgan fingerprint density at radius 2 is 2.02 bits per heavy atom. The fraction of sp³-hybridized carbons (Fsp3) is 0.323. The van der Waals surface area contributed by atoms with Gasteiger partial charge in [-0.3, -0.25) is 14.5 Å². The van der Waals surface area contributed by atoms with Crippen LogP contribution in [-0.4, -0.2) is 54.0 Å². The number of nitrogens with zero attached hydrogens (tertiary/aromatic N) is 2. The van der Waals surface area contributed by atoms with Crippen LogP contribution in [0.3, 0.4) is 0 Å². The highest BCUT2D eigenvalue weighted by Crippen LogP contribution is 2.60. The predicted molar refractivity (Wildman–Crippen MR) is 158 cm³/mol. The highest BCUT2D eigenvalue weighted by Gasteiger charge is 2.71. The van der Waals surface area contributed by atoms with Gasteiger partial charge in [0.2, 0.25) is 11.8 Å². The first-order valence-corrected chi connectivity index (χ1v) is 14.3. The number of anilines is 2. The smallest absolute Gasteiger partial charge is 0.339 e. The molecule has 8 nitrogen and oxygen atoms in total. The Morgan fingerprint density at radius 3 is 2.69 bits per heavy atom. The second kappa shape index (κ2) is 10.6. The molecule has 42 heavy (non-hydrogen) atoms. The number of nitrogens with one attached hydrogen (secondary N) is 1. The van der Waals surface area contributed by atoms with Crippen molar-refractivity contribution in [2.75, 3.05) is 30.4 Å². The van der Waals surface area contributed by atoms with Crippen molar-refractivity contribution < 1.29 is 28.6 Å². The molecule has 11 heteroatoms. The quantitative estimate of drug-likeness (QED) is 0.370. The van der Waals surface area contributed by atoms with Crippen molar-refractivity contribution in [1.82, 2.24) is 4.90 Å². The normalized spacial score (nSPS) is 27.1. The SMILES string of the molecule is C=C(Cl)/C=C\C=C(/F)[C@H]1[C@@H]2C(=O)N(c3ccc(C(=O)O)c(OC)c3)C[C@@H]2N(CC2CC2)[C@@]12C(=O)Nc1cc(Cl)ccc12. The van der Waals surface area contributed by atoms with Gasteiger partial charge in [-0.15, -0.1) is 0 Å². The number of ether oxygens (including phenoxy) is 1. The number of likely N-dealkylation sites (tertiary alicyclic amines) is 1. The molecule has 0 bridgehead atoms. The number of hydrogen-bond acceptors (Lipinski definition) is 5. The molecule has 3 aliphatic heterocycles. The second-order valence-corrected chi connectivity index (χ2v) is 12.0. The van der Waals surface area contributed by atoms with Gasteiger partial charge in [-0.2, -0.15) is 0 Å². The molecule has 2 N–H and O–H groups in total. The number of fused-ring (bicyclic) bond motifs is 3. The van der Waals surface area contributed by atoms with Gasteiger partial charge >= 0.3 is 5.97 Å². The monoisotopic (exact) mass is 611 g/mol. The molecular formula is C31H28Cl2FN3O5. The number of hydrogen-bond donors (Lipinski definition) is 2. The summed E-state index contributed by atoms with van der Waals surface area (Å²) in [6.07, 6.45) is 6.05. The van der Waals surface area contributed by atoms with Crippen LogP contribution in [0.25, 0.3) is 0 Å². The van der Waals surface area contributed by atoms with E-state index in [0.717, 1.165) is 12.8 Å². The van der Waals surface area contributed by atoms with Crippen LogP contribution >= 0.6 is 23.2 Å². The van der Waals surface area contributed by atoms with Crippen LogP contribution in [0, 0.1) is 17.8 Å². The van der Waals surface area contributed by atoms with E-state index >= 15 is 4.39 Å². The highest BCUT2D eigenvalue weighted by atomic mass is 35.5. The van der Waals surface area contributed by atoms with E-state index in [1.165, 1.54) is 42.4 Å². The molecule has 2 aromatic carbocycles. The third-order valence-electron chi connectivity index (χ3n) is 8.69. The summed E-state index contributed by atoms with van der Waals surface area (Å²) in [4.78, 5) is 43.6. The molecule has 3 heterocycles. The number of carbonyl (C=O) groups is 3.